The Morgan fingerprint density at radius 1 is 1.53 bits per heavy atom. The smallest absolute Gasteiger partial charge is 0.469 e. The SMILES string of the molecule is CCCN[C@@H](CCOP(=O)(O)O)C(=O)O. The Labute approximate surface area is 87.7 Å². The molecule has 0 bridgehead atoms. The maximum atomic E-state index is 10.6. The summed E-state index contributed by atoms with van der Waals surface area (Å²) in [5.74, 6) is -1.06. The molecule has 0 unspecified atom stereocenters. The van der Waals surface area contributed by atoms with Crippen LogP contribution in [-0.2, 0) is 13.9 Å². The fraction of sp³-hybridized carbons (Fsp3) is 0.857. The van der Waals surface area contributed by atoms with Crippen molar-refractivity contribution in [2.45, 2.75) is 25.8 Å². The second kappa shape index (κ2) is 6.92. The Bertz CT molecular complexity index is 240. The maximum absolute atomic E-state index is 10.6. The third-order valence-corrected chi connectivity index (χ3v) is 2.12. The molecule has 0 heterocycles. The summed E-state index contributed by atoms with van der Waals surface area (Å²) in [5, 5.41) is 11.4. The van der Waals surface area contributed by atoms with Gasteiger partial charge in [0.1, 0.15) is 6.04 Å². The molecule has 90 valence electrons. The van der Waals surface area contributed by atoms with E-state index in [2.05, 4.69) is 9.84 Å². The van der Waals surface area contributed by atoms with Crippen LogP contribution in [-0.4, -0.2) is 40.1 Å². The summed E-state index contributed by atoms with van der Waals surface area (Å²) in [6.07, 6.45) is 0.795. The molecule has 0 aromatic rings. The van der Waals surface area contributed by atoms with Gasteiger partial charge in [-0.2, -0.15) is 0 Å². The standard InChI is InChI=1S/C7H16NO6P/c1-2-4-8-6(7(9)10)3-5-14-15(11,12)13/h6,8H,2-5H2,1H3,(H,9,10)(H2,11,12,13)/t6-/m0/s1. The number of hydrogen-bond donors (Lipinski definition) is 4. The van der Waals surface area contributed by atoms with E-state index in [9.17, 15) is 9.36 Å². The molecular weight excluding hydrogens is 225 g/mol. The summed E-state index contributed by atoms with van der Waals surface area (Å²) in [6.45, 7) is 2.13. The fourth-order valence-corrected chi connectivity index (χ4v) is 1.26. The summed E-state index contributed by atoms with van der Waals surface area (Å²) < 4.78 is 14.5. The number of carboxylic acid groups (broad SMARTS) is 1. The number of phosphoric ester groups is 1. The van der Waals surface area contributed by atoms with E-state index >= 15 is 0 Å². The van der Waals surface area contributed by atoms with Gasteiger partial charge in [0, 0.05) is 0 Å². The molecule has 0 spiro atoms. The lowest BCUT2D eigenvalue weighted by Crippen LogP contribution is -2.37. The minimum Gasteiger partial charge on any atom is -0.480 e. The van der Waals surface area contributed by atoms with Crippen molar-refractivity contribution in [1.82, 2.24) is 5.32 Å². The second-order valence-corrected chi connectivity index (χ2v) is 4.20. The molecular formula is C7H16NO6P. The van der Waals surface area contributed by atoms with Crippen LogP contribution in [0.5, 0.6) is 0 Å². The van der Waals surface area contributed by atoms with Crippen LogP contribution in [0, 0.1) is 0 Å². The first-order valence-corrected chi connectivity index (χ1v) is 6.06. The first-order valence-electron chi connectivity index (χ1n) is 4.53. The third kappa shape index (κ3) is 8.53. The molecule has 0 saturated carbocycles. The van der Waals surface area contributed by atoms with Crippen molar-refractivity contribution in [3.05, 3.63) is 0 Å². The molecule has 0 saturated heterocycles. The highest BCUT2D eigenvalue weighted by atomic mass is 31.2. The van der Waals surface area contributed by atoms with Crippen LogP contribution in [0.15, 0.2) is 0 Å². The first kappa shape index (κ1) is 14.5. The Morgan fingerprint density at radius 3 is 2.53 bits per heavy atom. The van der Waals surface area contributed by atoms with Gasteiger partial charge in [0.2, 0.25) is 0 Å². The van der Waals surface area contributed by atoms with Crippen molar-refractivity contribution >= 4 is 13.8 Å². The van der Waals surface area contributed by atoms with E-state index in [0.717, 1.165) is 6.42 Å². The highest BCUT2D eigenvalue weighted by Crippen LogP contribution is 2.35. The van der Waals surface area contributed by atoms with Gasteiger partial charge in [0.05, 0.1) is 6.61 Å². The molecule has 0 aromatic heterocycles. The molecule has 0 aliphatic carbocycles. The largest absolute Gasteiger partial charge is 0.480 e. The first-order chi connectivity index (χ1) is 6.87. The molecule has 1 atom stereocenters. The van der Waals surface area contributed by atoms with Crippen LogP contribution in [0.2, 0.25) is 0 Å². The predicted octanol–water partition coefficient (Wildman–Crippen LogP) is -0.0614. The van der Waals surface area contributed by atoms with Crippen LogP contribution in [0.3, 0.4) is 0 Å². The van der Waals surface area contributed by atoms with E-state index in [0.29, 0.717) is 6.54 Å². The number of carboxylic acids is 1. The minimum atomic E-state index is -4.50. The van der Waals surface area contributed by atoms with Crippen molar-refractivity contribution in [1.29, 1.82) is 0 Å². The number of hydrogen-bond acceptors (Lipinski definition) is 4. The van der Waals surface area contributed by atoms with Gasteiger partial charge in [-0.1, -0.05) is 6.92 Å². The average Bonchev–Trinajstić information content (AvgIpc) is 2.08. The van der Waals surface area contributed by atoms with Gasteiger partial charge in [-0.25, -0.2) is 4.57 Å². The molecule has 0 fully saturated rings. The molecule has 0 rings (SSSR count). The third-order valence-electron chi connectivity index (χ3n) is 1.60. The highest BCUT2D eigenvalue weighted by molar-refractivity contribution is 7.46. The summed E-state index contributed by atoms with van der Waals surface area (Å²) in [5.41, 5.74) is 0. The summed E-state index contributed by atoms with van der Waals surface area (Å²) >= 11 is 0. The lowest BCUT2D eigenvalue weighted by molar-refractivity contribution is -0.139. The molecule has 8 heteroatoms. The van der Waals surface area contributed by atoms with E-state index in [1.165, 1.54) is 0 Å². The molecule has 0 amide bonds. The van der Waals surface area contributed by atoms with E-state index in [1.807, 2.05) is 6.92 Å². The Balaban J connectivity index is 3.86. The van der Waals surface area contributed by atoms with E-state index < -0.39 is 19.8 Å². The number of nitrogens with one attached hydrogen (secondary N) is 1. The molecule has 15 heavy (non-hydrogen) atoms. The van der Waals surface area contributed by atoms with Crippen molar-refractivity contribution < 1.29 is 28.8 Å². The Kier molecular flexibility index (Phi) is 6.71. The summed E-state index contributed by atoms with van der Waals surface area (Å²) in [6, 6.07) is -0.837. The van der Waals surface area contributed by atoms with Crippen LogP contribution in [0.4, 0.5) is 0 Å². The number of carbonyl (C=O) groups is 1. The summed E-state index contributed by atoms with van der Waals surface area (Å²) in [7, 11) is -4.50. The number of rotatable bonds is 8. The zero-order valence-corrected chi connectivity index (χ0v) is 9.31. The highest BCUT2D eigenvalue weighted by Gasteiger charge is 2.19. The Hall–Kier alpha value is -0.460. The molecule has 0 aliphatic heterocycles. The van der Waals surface area contributed by atoms with Gasteiger partial charge >= 0.3 is 13.8 Å². The molecule has 0 aliphatic rings. The zero-order valence-electron chi connectivity index (χ0n) is 8.42. The van der Waals surface area contributed by atoms with Crippen molar-refractivity contribution in [3.63, 3.8) is 0 Å². The van der Waals surface area contributed by atoms with E-state index in [1.54, 1.807) is 0 Å². The lowest BCUT2D eigenvalue weighted by atomic mass is 10.2. The van der Waals surface area contributed by atoms with Crippen LogP contribution in [0.25, 0.3) is 0 Å². The monoisotopic (exact) mass is 241 g/mol. The molecule has 0 radical (unpaired) electrons. The van der Waals surface area contributed by atoms with Crippen molar-refractivity contribution in [2.24, 2.45) is 0 Å². The fourth-order valence-electron chi connectivity index (χ4n) is 0.921. The zero-order chi connectivity index (χ0) is 11.9. The normalized spacial score (nSPS) is 13.8. The topological polar surface area (TPSA) is 116 Å². The quantitative estimate of drug-likeness (QED) is 0.440. The lowest BCUT2D eigenvalue weighted by Gasteiger charge is -2.13. The van der Waals surface area contributed by atoms with Gasteiger partial charge < -0.3 is 20.2 Å². The second-order valence-electron chi connectivity index (χ2n) is 2.96. The summed E-state index contributed by atoms with van der Waals surface area (Å²) in [4.78, 5) is 27.4. The van der Waals surface area contributed by atoms with Gasteiger partial charge in [-0.05, 0) is 19.4 Å². The molecule has 7 nitrogen and oxygen atoms in total. The minimum absolute atomic E-state index is 0.0143. The van der Waals surface area contributed by atoms with Gasteiger partial charge in [-0.3, -0.25) is 9.32 Å². The van der Waals surface area contributed by atoms with Gasteiger partial charge in [-0.15, -0.1) is 0 Å². The number of aliphatic carboxylic acids is 1. The molecule has 0 aromatic carbocycles. The van der Waals surface area contributed by atoms with Crippen LogP contribution in [0.1, 0.15) is 19.8 Å². The Morgan fingerprint density at radius 2 is 2.13 bits per heavy atom. The van der Waals surface area contributed by atoms with Crippen LogP contribution >= 0.6 is 7.82 Å². The van der Waals surface area contributed by atoms with Crippen LogP contribution < -0.4 is 5.32 Å². The van der Waals surface area contributed by atoms with E-state index in [4.69, 9.17) is 14.9 Å². The van der Waals surface area contributed by atoms with E-state index in [-0.39, 0.29) is 13.0 Å². The van der Waals surface area contributed by atoms with Gasteiger partial charge in [0.15, 0.2) is 0 Å². The molecule has 4 N–H and O–H groups in total. The van der Waals surface area contributed by atoms with Gasteiger partial charge in [0.25, 0.3) is 0 Å². The maximum Gasteiger partial charge on any atom is 0.469 e. The van der Waals surface area contributed by atoms with Crippen molar-refractivity contribution in [3.8, 4) is 0 Å². The predicted molar refractivity (Wildman–Crippen MR) is 52.3 cm³/mol. The average molecular weight is 241 g/mol. The number of phosphoric acid groups is 1. The van der Waals surface area contributed by atoms with Crippen molar-refractivity contribution in [2.75, 3.05) is 13.2 Å².